The van der Waals surface area contributed by atoms with Crippen LogP contribution in [-0.2, 0) is 28.0 Å². The van der Waals surface area contributed by atoms with E-state index in [9.17, 15) is 13.2 Å². The Balaban J connectivity index is 1.44. The van der Waals surface area contributed by atoms with Crippen molar-refractivity contribution in [3.8, 4) is 11.5 Å². The second-order valence-electron chi connectivity index (χ2n) is 8.80. The summed E-state index contributed by atoms with van der Waals surface area (Å²) in [7, 11) is -2.51. The molecule has 4 rings (SSSR count). The molecule has 1 N–H and O–H groups in total. The first-order valence-corrected chi connectivity index (χ1v) is 14.6. The Labute approximate surface area is 249 Å². The fraction of sp³-hybridized carbons (Fsp3) is 0.133. The third-order valence-electron chi connectivity index (χ3n) is 5.89. The predicted molar refractivity (Wildman–Crippen MR) is 160 cm³/mol. The summed E-state index contributed by atoms with van der Waals surface area (Å²) in [6, 6.07) is 27.5. The largest absolute Gasteiger partial charge is 0.493 e. The van der Waals surface area contributed by atoms with Gasteiger partial charge >= 0.3 is 0 Å². The van der Waals surface area contributed by atoms with Crippen LogP contribution in [0, 0.1) is 0 Å². The first-order valence-electron chi connectivity index (χ1n) is 12.4. The number of methoxy groups -OCH3 is 1. The lowest BCUT2D eigenvalue weighted by atomic mass is 10.2. The van der Waals surface area contributed by atoms with Gasteiger partial charge in [-0.3, -0.25) is 4.79 Å². The number of hydrazone groups is 1. The second kappa shape index (κ2) is 14.1. The van der Waals surface area contributed by atoms with E-state index in [1.807, 2.05) is 30.3 Å². The maximum Gasteiger partial charge on any atom is 0.255 e. The molecule has 41 heavy (non-hydrogen) atoms. The van der Waals surface area contributed by atoms with E-state index in [-0.39, 0.29) is 16.5 Å². The van der Waals surface area contributed by atoms with E-state index in [1.165, 1.54) is 31.5 Å². The molecule has 0 unspecified atom stereocenters. The van der Waals surface area contributed by atoms with Crippen LogP contribution in [-0.4, -0.2) is 38.5 Å². The van der Waals surface area contributed by atoms with Crippen molar-refractivity contribution in [3.05, 3.63) is 124 Å². The second-order valence-corrected chi connectivity index (χ2v) is 11.6. The summed E-state index contributed by atoms with van der Waals surface area (Å²) >= 11 is 12.3. The van der Waals surface area contributed by atoms with Crippen LogP contribution in [0.3, 0.4) is 0 Å². The molecule has 0 aromatic heterocycles. The topological polar surface area (TPSA) is 97.3 Å². The standard InChI is InChI=1S/C30H27Cl2N3O5S/c1-39-29-16-23(12-15-28(29)40-21-22-8-4-2-5-9-22)18-33-34-30(36)20-35(19-24-13-14-25(31)17-27(24)32)41(37,38)26-10-6-3-7-11-26/h2-18H,19-21H2,1H3,(H,34,36)/b33-18-. The predicted octanol–water partition coefficient (Wildman–Crippen LogP) is 5.92. The zero-order chi connectivity index (χ0) is 29.2. The zero-order valence-corrected chi connectivity index (χ0v) is 24.4. The zero-order valence-electron chi connectivity index (χ0n) is 22.0. The van der Waals surface area contributed by atoms with E-state index in [2.05, 4.69) is 10.5 Å². The molecule has 0 spiro atoms. The summed E-state index contributed by atoms with van der Waals surface area (Å²) < 4.78 is 39.2. The number of ether oxygens (including phenoxy) is 2. The van der Waals surface area contributed by atoms with Gasteiger partial charge in [0.05, 0.1) is 24.8 Å². The van der Waals surface area contributed by atoms with Gasteiger partial charge in [0.25, 0.3) is 5.91 Å². The summed E-state index contributed by atoms with van der Waals surface area (Å²) in [6.07, 6.45) is 1.42. The monoisotopic (exact) mass is 611 g/mol. The summed E-state index contributed by atoms with van der Waals surface area (Å²) in [5, 5.41) is 4.70. The summed E-state index contributed by atoms with van der Waals surface area (Å²) in [6.45, 7) is -0.264. The molecule has 0 saturated heterocycles. The van der Waals surface area contributed by atoms with E-state index in [0.717, 1.165) is 9.87 Å². The Morgan fingerprint density at radius 3 is 2.32 bits per heavy atom. The van der Waals surface area contributed by atoms with Crippen LogP contribution in [0.15, 0.2) is 107 Å². The molecule has 8 nitrogen and oxygen atoms in total. The first-order chi connectivity index (χ1) is 19.8. The molecule has 0 atom stereocenters. The third kappa shape index (κ3) is 8.31. The smallest absolute Gasteiger partial charge is 0.255 e. The van der Waals surface area contributed by atoms with Gasteiger partial charge < -0.3 is 9.47 Å². The minimum atomic E-state index is -4.04. The lowest BCUT2D eigenvalue weighted by molar-refractivity contribution is -0.121. The van der Waals surface area contributed by atoms with Gasteiger partial charge in [-0.15, -0.1) is 0 Å². The molecule has 11 heteroatoms. The number of nitrogens with zero attached hydrogens (tertiary/aromatic N) is 2. The van der Waals surface area contributed by atoms with Crippen LogP contribution < -0.4 is 14.9 Å². The van der Waals surface area contributed by atoms with Gasteiger partial charge in [0.2, 0.25) is 10.0 Å². The van der Waals surface area contributed by atoms with Crippen molar-refractivity contribution >= 4 is 45.3 Å². The highest BCUT2D eigenvalue weighted by Crippen LogP contribution is 2.28. The SMILES string of the molecule is COc1cc(/C=N\NC(=O)CN(Cc2ccc(Cl)cc2Cl)S(=O)(=O)c2ccccc2)ccc1OCc1ccccc1. The summed E-state index contributed by atoms with van der Waals surface area (Å²) in [4.78, 5) is 12.9. The van der Waals surface area contributed by atoms with Gasteiger partial charge in [-0.1, -0.05) is 77.8 Å². The molecule has 0 saturated carbocycles. The maximum atomic E-state index is 13.4. The van der Waals surface area contributed by atoms with Crippen LogP contribution in [0.25, 0.3) is 0 Å². The molecule has 0 aliphatic rings. The molecule has 0 heterocycles. The molecule has 0 fully saturated rings. The molecule has 1 amide bonds. The number of rotatable bonds is 12. The van der Waals surface area contributed by atoms with Crippen molar-refractivity contribution in [2.75, 3.05) is 13.7 Å². The lowest BCUT2D eigenvalue weighted by Crippen LogP contribution is -2.39. The Kier molecular flexibility index (Phi) is 10.4. The molecule has 0 bridgehead atoms. The molecule has 4 aromatic rings. The van der Waals surface area contributed by atoms with Crippen molar-refractivity contribution < 1.29 is 22.7 Å². The van der Waals surface area contributed by atoms with E-state index in [4.69, 9.17) is 32.7 Å². The lowest BCUT2D eigenvalue weighted by Gasteiger charge is -2.22. The van der Waals surface area contributed by atoms with Crippen molar-refractivity contribution in [3.63, 3.8) is 0 Å². The van der Waals surface area contributed by atoms with E-state index >= 15 is 0 Å². The van der Waals surface area contributed by atoms with Gasteiger partial charge in [-0.05, 0) is 59.2 Å². The summed E-state index contributed by atoms with van der Waals surface area (Å²) in [5.41, 5.74) is 4.54. The van der Waals surface area contributed by atoms with Crippen LogP contribution >= 0.6 is 23.2 Å². The van der Waals surface area contributed by atoms with E-state index in [1.54, 1.807) is 48.5 Å². The number of hydrogen-bond acceptors (Lipinski definition) is 6. The van der Waals surface area contributed by atoms with Crippen LogP contribution in [0.2, 0.25) is 10.0 Å². The van der Waals surface area contributed by atoms with Gasteiger partial charge in [0, 0.05) is 16.6 Å². The van der Waals surface area contributed by atoms with Gasteiger partial charge in [-0.2, -0.15) is 9.41 Å². The Hall–Kier alpha value is -3.89. The Bertz CT molecular complexity index is 1620. The molecule has 0 aliphatic carbocycles. The molecule has 0 radical (unpaired) electrons. The highest BCUT2D eigenvalue weighted by atomic mass is 35.5. The van der Waals surface area contributed by atoms with Crippen LogP contribution in [0.5, 0.6) is 11.5 Å². The quantitative estimate of drug-likeness (QED) is 0.158. The number of sulfonamides is 1. The number of carbonyl (C=O) groups is 1. The fourth-order valence-electron chi connectivity index (χ4n) is 3.80. The number of amides is 1. The molecule has 4 aromatic carbocycles. The maximum absolute atomic E-state index is 13.4. The highest BCUT2D eigenvalue weighted by Gasteiger charge is 2.27. The average molecular weight is 613 g/mol. The third-order valence-corrected chi connectivity index (χ3v) is 8.28. The average Bonchev–Trinajstić information content (AvgIpc) is 2.98. The minimum Gasteiger partial charge on any atom is -0.493 e. The molecular weight excluding hydrogens is 585 g/mol. The molecule has 212 valence electrons. The number of hydrogen-bond donors (Lipinski definition) is 1. The van der Waals surface area contributed by atoms with E-state index < -0.39 is 22.5 Å². The van der Waals surface area contributed by atoms with Gasteiger partial charge in [0.15, 0.2) is 11.5 Å². The van der Waals surface area contributed by atoms with E-state index in [0.29, 0.717) is 34.3 Å². The number of benzene rings is 4. The number of carbonyl (C=O) groups excluding carboxylic acids is 1. The number of nitrogens with one attached hydrogen (secondary N) is 1. The normalized spacial score (nSPS) is 11.5. The van der Waals surface area contributed by atoms with Crippen molar-refractivity contribution in [1.29, 1.82) is 0 Å². The Morgan fingerprint density at radius 2 is 1.63 bits per heavy atom. The minimum absolute atomic E-state index is 0.0445. The Morgan fingerprint density at radius 1 is 0.927 bits per heavy atom. The van der Waals surface area contributed by atoms with Crippen LogP contribution in [0.4, 0.5) is 0 Å². The van der Waals surface area contributed by atoms with Crippen LogP contribution in [0.1, 0.15) is 16.7 Å². The van der Waals surface area contributed by atoms with Gasteiger partial charge in [0.1, 0.15) is 6.61 Å². The van der Waals surface area contributed by atoms with Gasteiger partial charge in [-0.25, -0.2) is 13.8 Å². The fourth-order valence-corrected chi connectivity index (χ4v) is 5.66. The highest BCUT2D eigenvalue weighted by molar-refractivity contribution is 7.89. The summed E-state index contributed by atoms with van der Waals surface area (Å²) in [5.74, 6) is 0.414. The molecular formula is C30H27Cl2N3O5S. The van der Waals surface area contributed by atoms with Crippen molar-refractivity contribution in [2.24, 2.45) is 5.10 Å². The molecule has 0 aliphatic heterocycles. The first kappa shape index (κ1) is 30.1. The number of halogens is 2. The van der Waals surface area contributed by atoms with Crippen molar-refractivity contribution in [1.82, 2.24) is 9.73 Å². The van der Waals surface area contributed by atoms with Crippen molar-refractivity contribution in [2.45, 2.75) is 18.0 Å².